The molecule has 0 saturated carbocycles. The van der Waals surface area contributed by atoms with Gasteiger partial charge in [-0.1, -0.05) is 38.0 Å². The first-order valence-corrected chi connectivity index (χ1v) is 45.9. The van der Waals surface area contributed by atoms with Crippen molar-refractivity contribution in [2.45, 2.75) is 176 Å². The molecule has 0 radical (unpaired) electrons. The van der Waals surface area contributed by atoms with E-state index in [1.807, 2.05) is 156 Å². The summed E-state index contributed by atoms with van der Waals surface area (Å²) in [6, 6.07) is 23.0. The largest absolute Gasteiger partial charge is 3.00 e. The van der Waals surface area contributed by atoms with E-state index in [1.165, 1.54) is 0 Å². The number of fused-ring (bicyclic) bond motifs is 24. The Morgan fingerprint density at radius 1 is 0.276 bits per heavy atom. The first-order chi connectivity index (χ1) is 62.8. The van der Waals surface area contributed by atoms with Gasteiger partial charge in [-0.05, 0) is 350 Å². The van der Waals surface area contributed by atoms with Crippen molar-refractivity contribution in [1.29, 1.82) is 0 Å². The maximum absolute atomic E-state index is 11.5. The number of H-pyrrole nitrogens is 6. The van der Waals surface area contributed by atoms with Gasteiger partial charge in [0.15, 0.2) is 0 Å². The van der Waals surface area contributed by atoms with Gasteiger partial charge in [-0.25, -0.2) is 29.9 Å². The number of carboxylic acid groups (broad SMARTS) is 6. The molecule has 24 nitrogen and oxygen atoms in total. The number of hydrogen-bond acceptors (Lipinski definition) is 18. The van der Waals surface area contributed by atoms with Crippen LogP contribution in [-0.4, -0.2) is 153 Å². The Hall–Kier alpha value is -11.1. The number of halogens is 6. The number of nitrogens with zero attached hydrogens (tertiary/aromatic N) is 6. The molecular weight excluding hydrogens is 1940 g/mol. The van der Waals surface area contributed by atoms with Crippen LogP contribution < -0.4 is 30.6 Å². The SMILES string of the molecule is C=CC1=C(C)c2cc3[nH]c(cc4nc(cc5[nH]c(cc1n2)c(C)c5CCC(=O)[O-])C(CCC(=O)[O-])=C4C)c(C)c3C(Cl)CCl.C=CC1=C(C)c2cc3[nH]c(cc4nc(cc5[nH]c(cc1n2)c(C)c5CCC(=O)[O-])C(CCC(=O)[O-])=C4C)c(C)c3C(Cl)CCl.C=CC1=C(C)c2cc3[nH]c(cc4nc(cc5[nH]c(cc1n2)c(C)c5CCC(=O)[O-])C(CCC(=O)[O-])=C4C)c(C)c3C(Cl)CCl.[Ga+3].[Ga+3]. The second-order valence-corrected chi connectivity index (χ2v) is 35.8. The molecule has 24 bridgehead atoms. The van der Waals surface area contributed by atoms with E-state index in [9.17, 15) is 59.4 Å². The van der Waals surface area contributed by atoms with Gasteiger partial charge < -0.3 is 89.3 Å². The van der Waals surface area contributed by atoms with Gasteiger partial charge in [0.2, 0.25) is 0 Å². The van der Waals surface area contributed by atoms with Crippen LogP contribution in [0.25, 0.3) is 133 Å². The number of alkyl halides is 6. The number of carbonyl (C=O) groups excluding carboxylic acids is 6. The topological polar surface area (TPSA) is 413 Å². The first kappa shape index (κ1) is 103. The zero-order valence-corrected chi connectivity index (χ0v) is 85.5. The monoisotopic (exact) mass is 2030 g/mol. The number of allylic oxidation sites excluding steroid dienone is 15. The van der Waals surface area contributed by atoms with E-state index in [1.54, 1.807) is 18.2 Å². The van der Waals surface area contributed by atoms with Gasteiger partial charge in [-0.3, -0.25) is 0 Å². The van der Waals surface area contributed by atoms with E-state index in [-0.39, 0.29) is 134 Å². The molecule has 6 aliphatic rings. The van der Waals surface area contributed by atoms with Gasteiger partial charge in [0, 0.05) is 136 Å². The second-order valence-electron chi connectivity index (χ2n) is 33.3. The molecule has 15 rings (SSSR count). The van der Waals surface area contributed by atoms with Crippen molar-refractivity contribution >= 4 is 278 Å². The van der Waals surface area contributed by atoms with Crippen LogP contribution in [0.3, 0.4) is 0 Å². The molecule has 9 aromatic rings. The molecule has 6 aliphatic heterocycles. The Kier molecular flexibility index (Phi) is 33.7. The molecule has 0 aliphatic carbocycles. The summed E-state index contributed by atoms with van der Waals surface area (Å²) in [5.41, 5.74) is 37.8. The van der Waals surface area contributed by atoms with E-state index in [0.29, 0.717) is 67.8 Å². The average molecular weight is 2030 g/mol. The van der Waals surface area contributed by atoms with Gasteiger partial charge in [0.25, 0.3) is 0 Å². The van der Waals surface area contributed by atoms with E-state index in [0.717, 1.165) is 200 Å². The predicted octanol–water partition coefficient (Wildman–Crippen LogP) is 16.4. The van der Waals surface area contributed by atoms with Gasteiger partial charge in [-0.2, -0.15) is 0 Å². The van der Waals surface area contributed by atoms with Crippen LogP contribution in [0.5, 0.6) is 0 Å². The molecular formula is C102H96Cl6Ga2N12O12. The minimum Gasteiger partial charge on any atom is -0.550 e. The molecule has 134 heavy (non-hydrogen) atoms. The van der Waals surface area contributed by atoms with Crippen molar-refractivity contribution in [3.63, 3.8) is 0 Å². The van der Waals surface area contributed by atoms with E-state index in [2.05, 4.69) is 49.6 Å². The molecule has 15 heterocycles. The maximum Gasteiger partial charge on any atom is 3.00 e. The quantitative estimate of drug-likeness (QED) is 0.0206. The van der Waals surface area contributed by atoms with Gasteiger partial charge in [-0.15, -0.1) is 69.6 Å². The summed E-state index contributed by atoms with van der Waals surface area (Å²) in [7, 11) is 0. The number of carbonyl (C=O) groups is 6. The van der Waals surface area contributed by atoms with Crippen LogP contribution in [0.4, 0.5) is 0 Å². The number of nitrogens with one attached hydrogen (secondary N) is 6. The molecule has 3 atom stereocenters. The Bertz CT molecular complexity index is 6520. The Morgan fingerprint density at radius 3 is 0.672 bits per heavy atom. The summed E-state index contributed by atoms with van der Waals surface area (Å²) < 4.78 is 0. The smallest absolute Gasteiger partial charge is 0.550 e. The average Bonchev–Trinajstić information content (AvgIpc) is 1.62. The van der Waals surface area contributed by atoms with Gasteiger partial charge >= 0.3 is 39.6 Å². The summed E-state index contributed by atoms with van der Waals surface area (Å²) >= 11 is 39.0. The van der Waals surface area contributed by atoms with E-state index >= 15 is 0 Å². The minimum atomic E-state index is -1.16. The van der Waals surface area contributed by atoms with Crippen LogP contribution >= 0.6 is 69.6 Å². The number of aryl methyl sites for hydroxylation is 9. The number of rotatable bonds is 27. The second kappa shape index (κ2) is 43.7. The van der Waals surface area contributed by atoms with Gasteiger partial charge in [0.1, 0.15) is 0 Å². The Morgan fingerprint density at radius 2 is 0.455 bits per heavy atom. The summed E-state index contributed by atoms with van der Waals surface area (Å²) in [6.07, 6.45) is 5.71. The molecule has 0 aromatic carbocycles. The number of aromatic nitrogens is 12. The Balaban J connectivity index is 0.000000192. The number of aromatic amines is 6. The fraction of sp³-hybridized carbons (Fsp3) is 0.294. The number of carboxylic acids is 6. The van der Waals surface area contributed by atoms with Crippen molar-refractivity contribution in [3.05, 3.63) is 246 Å². The van der Waals surface area contributed by atoms with Crippen molar-refractivity contribution in [1.82, 2.24) is 59.8 Å². The normalized spacial score (nSPS) is 13.7. The zero-order valence-electron chi connectivity index (χ0n) is 76.1. The molecule has 32 heteroatoms. The third-order valence-electron chi connectivity index (χ3n) is 25.3. The van der Waals surface area contributed by atoms with Crippen LogP contribution in [0.15, 0.2) is 111 Å². The predicted molar refractivity (Wildman–Crippen MR) is 529 cm³/mol. The third-order valence-corrected chi connectivity index (χ3v) is 27.9. The molecule has 0 amide bonds. The fourth-order valence-electron chi connectivity index (χ4n) is 17.9. The molecule has 3 unspecified atom stereocenters. The van der Waals surface area contributed by atoms with Crippen LogP contribution in [0.1, 0.15) is 251 Å². The van der Waals surface area contributed by atoms with Crippen LogP contribution in [-0.2, 0) is 48.0 Å². The van der Waals surface area contributed by atoms with Crippen molar-refractivity contribution < 1.29 is 59.4 Å². The van der Waals surface area contributed by atoms with Gasteiger partial charge in [0.05, 0.1) is 84.5 Å². The van der Waals surface area contributed by atoms with Crippen LogP contribution in [0, 0.1) is 41.5 Å². The van der Waals surface area contributed by atoms with Crippen molar-refractivity contribution in [2.75, 3.05) is 17.6 Å². The molecule has 0 saturated heterocycles. The summed E-state index contributed by atoms with van der Waals surface area (Å²) in [4.78, 5) is 119. The molecule has 0 spiro atoms. The number of aliphatic carboxylic acids is 6. The molecule has 684 valence electrons. The summed E-state index contributed by atoms with van der Waals surface area (Å²) in [5.74, 6) is -6.29. The summed E-state index contributed by atoms with van der Waals surface area (Å²) in [5, 5.41) is 67.3. The molecule has 9 aromatic heterocycles. The third kappa shape index (κ3) is 21.7. The van der Waals surface area contributed by atoms with Crippen LogP contribution in [0.2, 0.25) is 0 Å². The van der Waals surface area contributed by atoms with E-state index < -0.39 is 51.9 Å². The standard InChI is InChI=1S/3C34H34Cl2N4O4.2Ga/c3*1-6-20-16(2)26-13-31-34(23(36)15-35)19(5)27(40-31)11-24-17(3)21(7-9-32(41)42)29(38-24)14-30-22(8-10-33(43)44)18(4)25(39-30)12-28(20)37-26;;/h3*6,11-14,23,39-40H,1,7-10,15H2,2-5H3,(H,41,42)(H,43,44);;/q;;;2*+3/p-6. The molecule has 6 N–H and O–H groups in total. The number of hydrogen-bond donors (Lipinski definition) is 6. The first-order valence-electron chi connectivity index (χ1n) is 42.9. The van der Waals surface area contributed by atoms with Crippen molar-refractivity contribution in [3.8, 4) is 0 Å². The fourth-order valence-corrected chi connectivity index (χ4v) is 19.2. The molecule has 0 fully saturated rings. The van der Waals surface area contributed by atoms with Crippen molar-refractivity contribution in [2.24, 2.45) is 0 Å². The Labute approximate surface area is 830 Å². The zero-order chi connectivity index (χ0) is 95.6. The maximum atomic E-state index is 11.5. The van der Waals surface area contributed by atoms with E-state index in [4.69, 9.17) is 99.5 Å². The minimum absolute atomic E-state index is 0. The summed E-state index contributed by atoms with van der Waals surface area (Å²) in [6.45, 7) is 35.5.